The zero-order chi connectivity index (χ0) is 13.9. The smallest absolute Gasteiger partial charge is 0.310 e. The number of carbonyl (C=O) groups is 1. The zero-order valence-electron chi connectivity index (χ0n) is 11.1. The van der Waals surface area contributed by atoms with Gasteiger partial charge in [-0.25, -0.2) is 4.39 Å². The molecule has 1 aliphatic heterocycles. The van der Waals surface area contributed by atoms with Crippen molar-refractivity contribution in [3.05, 3.63) is 29.8 Å². The van der Waals surface area contributed by atoms with Gasteiger partial charge in [-0.2, -0.15) is 0 Å². The normalized spacial score (nSPS) is 23.7. The largest absolute Gasteiger partial charge is 0.481 e. The lowest BCUT2D eigenvalue weighted by molar-refractivity contribution is -0.148. The summed E-state index contributed by atoms with van der Waals surface area (Å²) in [6.45, 7) is 3.84. The van der Waals surface area contributed by atoms with Gasteiger partial charge >= 0.3 is 5.97 Å². The van der Waals surface area contributed by atoms with Crippen molar-refractivity contribution in [1.82, 2.24) is 9.88 Å². The molecule has 5 heteroatoms. The maximum Gasteiger partial charge on any atom is 0.310 e. The molecule has 0 saturated carbocycles. The Morgan fingerprint density at radius 3 is 3.00 bits per heavy atom. The first-order valence-electron chi connectivity index (χ1n) is 6.61. The van der Waals surface area contributed by atoms with Gasteiger partial charge in [-0.1, -0.05) is 13.3 Å². The van der Waals surface area contributed by atoms with E-state index < -0.39 is 11.4 Å². The van der Waals surface area contributed by atoms with E-state index in [1.807, 2.05) is 6.92 Å². The van der Waals surface area contributed by atoms with Gasteiger partial charge in [-0.05, 0) is 31.0 Å². The van der Waals surface area contributed by atoms with Crippen molar-refractivity contribution in [2.45, 2.75) is 32.7 Å². The molecule has 0 aromatic carbocycles. The van der Waals surface area contributed by atoms with Crippen LogP contribution in [-0.4, -0.2) is 34.0 Å². The number of likely N-dealkylation sites (tertiary alicyclic amines) is 1. The molecule has 0 bridgehead atoms. The Balaban J connectivity index is 2.03. The minimum Gasteiger partial charge on any atom is -0.481 e. The van der Waals surface area contributed by atoms with Crippen molar-refractivity contribution in [2.24, 2.45) is 5.41 Å². The molecule has 1 atom stereocenters. The highest BCUT2D eigenvalue weighted by Gasteiger charge is 2.43. The molecular formula is C14H19FN2O2. The number of hydrogen-bond donors (Lipinski definition) is 1. The van der Waals surface area contributed by atoms with Gasteiger partial charge in [0.2, 0.25) is 0 Å². The van der Waals surface area contributed by atoms with Gasteiger partial charge in [-0.15, -0.1) is 0 Å². The molecule has 0 aliphatic carbocycles. The van der Waals surface area contributed by atoms with E-state index >= 15 is 0 Å². The molecule has 1 aromatic rings. The second kappa shape index (κ2) is 5.65. The van der Waals surface area contributed by atoms with Crippen LogP contribution in [0.25, 0.3) is 0 Å². The predicted molar refractivity (Wildman–Crippen MR) is 69.1 cm³/mol. The van der Waals surface area contributed by atoms with Crippen LogP contribution in [0.2, 0.25) is 0 Å². The number of aromatic nitrogens is 1. The monoisotopic (exact) mass is 266 g/mol. The van der Waals surface area contributed by atoms with Crippen molar-refractivity contribution in [3.8, 4) is 0 Å². The van der Waals surface area contributed by atoms with E-state index in [1.54, 1.807) is 6.20 Å². The second-order valence-corrected chi connectivity index (χ2v) is 5.31. The van der Waals surface area contributed by atoms with E-state index in [4.69, 9.17) is 0 Å². The van der Waals surface area contributed by atoms with E-state index in [1.165, 1.54) is 12.3 Å². The van der Waals surface area contributed by atoms with Gasteiger partial charge in [0.25, 0.3) is 0 Å². The lowest BCUT2D eigenvalue weighted by atomic mass is 9.83. The van der Waals surface area contributed by atoms with Crippen LogP contribution >= 0.6 is 0 Å². The van der Waals surface area contributed by atoms with Gasteiger partial charge in [0.1, 0.15) is 5.82 Å². The lowest BCUT2D eigenvalue weighted by Crippen LogP contribution is -2.34. The molecule has 2 rings (SSSR count). The summed E-state index contributed by atoms with van der Waals surface area (Å²) in [4.78, 5) is 17.4. The summed E-state index contributed by atoms with van der Waals surface area (Å²) in [7, 11) is 0. The molecule has 1 saturated heterocycles. The number of halogens is 1. The number of hydrogen-bond acceptors (Lipinski definition) is 3. The van der Waals surface area contributed by atoms with Crippen LogP contribution in [0, 0.1) is 11.2 Å². The van der Waals surface area contributed by atoms with Gasteiger partial charge in [0, 0.05) is 19.3 Å². The number of nitrogens with zero attached hydrogens (tertiary/aromatic N) is 2. The van der Waals surface area contributed by atoms with Gasteiger partial charge in [-0.3, -0.25) is 14.7 Å². The lowest BCUT2D eigenvalue weighted by Gasteiger charge is -2.24. The van der Waals surface area contributed by atoms with Crippen molar-refractivity contribution in [3.63, 3.8) is 0 Å². The molecule has 0 spiro atoms. The standard InChI is InChI=1S/C14H19FN2O2/c1-2-3-14(13(18)19)4-5-17(10-14)9-11-6-12(15)8-16-7-11/h6-8H,2-5,9-10H2,1H3,(H,18,19). The molecule has 4 nitrogen and oxygen atoms in total. The average molecular weight is 266 g/mol. The molecule has 1 aromatic heterocycles. The van der Waals surface area contributed by atoms with Crippen LogP contribution in [-0.2, 0) is 11.3 Å². The van der Waals surface area contributed by atoms with Crippen LogP contribution in [0.15, 0.2) is 18.5 Å². The van der Waals surface area contributed by atoms with E-state index in [9.17, 15) is 14.3 Å². The predicted octanol–water partition coefficient (Wildman–Crippen LogP) is 2.30. The summed E-state index contributed by atoms with van der Waals surface area (Å²) in [5, 5.41) is 9.42. The Bertz CT molecular complexity index is 467. The fourth-order valence-electron chi connectivity index (χ4n) is 2.86. The summed E-state index contributed by atoms with van der Waals surface area (Å²) in [6.07, 6.45) is 5.02. The first-order valence-corrected chi connectivity index (χ1v) is 6.61. The Hall–Kier alpha value is -1.49. The average Bonchev–Trinajstić information content (AvgIpc) is 2.74. The molecule has 0 amide bonds. The third-order valence-electron chi connectivity index (χ3n) is 3.78. The molecule has 2 heterocycles. The number of carboxylic acids is 1. The van der Waals surface area contributed by atoms with Crippen LogP contribution in [0.3, 0.4) is 0 Å². The Kier molecular flexibility index (Phi) is 4.14. The fraction of sp³-hybridized carbons (Fsp3) is 0.571. The van der Waals surface area contributed by atoms with Gasteiger partial charge in [0.15, 0.2) is 0 Å². The summed E-state index contributed by atoms with van der Waals surface area (Å²) >= 11 is 0. The van der Waals surface area contributed by atoms with Gasteiger partial charge < -0.3 is 5.11 Å². The van der Waals surface area contributed by atoms with Crippen molar-refractivity contribution < 1.29 is 14.3 Å². The highest BCUT2D eigenvalue weighted by molar-refractivity contribution is 5.75. The minimum atomic E-state index is -0.714. The summed E-state index contributed by atoms with van der Waals surface area (Å²) < 4.78 is 13.1. The molecule has 1 fully saturated rings. The van der Waals surface area contributed by atoms with Crippen molar-refractivity contribution in [2.75, 3.05) is 13.1 Å². The van der Waals surface area contributed by atoms with Crippen LogP contribution < -0.4 is 0 Å². The summed E-state index contributed by atoms with van der Waals surface area (Å²) in [5.41, 5.74) is 0.160. The third-order valence-corrected chi connectivity index (χ3v) is 3.78. The van der Waals surface area contributed by atoms with E-state index in [0.717, 1.165) is 18.5 Å². The number of aliphatic carboxylic acids is 1. The minimum absolute atomic E-state index is 0.352. The maximum atomic E-state index is 13.1. The quantitative estimate of drug-likeness (QED) is 0.888. The Morgan fingerprint density at radius 1 is 1.58 bits per heavy atom. The molecule has 104 valence electrons. The second-order valence-electron chi connectivity index (χ2n) is 5.31. The molecule has 1 N–H and O–H groups in total. The van der Waals surface area contributed by atoms with Crippen LogP contribution in [0.5, 0.6) is 0 Å². The Labute approximate surface area is 112 Å². The fourth-order valence-corrected chi connectivity index (χ4v) is 2.86. The summed E-state index contributed by atoms with van der Waals surface area (Å²) in [6, 6.07) is 1.45. The van der Waals surface area contributed by atoms with E-state index in [-0.39, 0.29) is 5.82 Å². The first kappa shape index (κ1) is 13.9. The topological polar surface area (TPSA) is 53.4 Å². The van der Waals surface area contributed by atoms with Crippen LogP contribution in [0.1, 0.15) is 31.7 Å². The summed E-state index contributed by atoms with van der Waals surface area (Å²) in [5.74, 6) is -1.07. The number of rotatable bonds is 5. The third kappa shape index (κ3) is 3.10. The van der Waals surface area contributed by atoms with E-state index in [0.29, 0.717) is 25.9 Å². The maximum absolute atomic E-state index is 13.1. The highest BCUT2D eigenvalue weighted by atomic mass is 19.1. The molecule has 1 unspecified atom stereocenters. The molecule has 19 heavy (non-hydrogen) atoms. The SMILES string of the molecule is CCCC1(C(=O)O)CCN(Cc2cncc(F)c2)C1. The van der Waals surface area contributed by atoms with Crippen LogP contribution in [0.4, 0.5) is 4.39 Å². The first-order chi connectivity index (χ1) is 9.05. The molecule has 1 aliphatic rings. The zero-order valence-corrected chi connectivity index (χ0v) is 11.1. The van der Waals surface area contributed by atoms with Crippen molar-refractivity contribution in [1.29, 1.82) is 0 Å². The highest BCUT2D eigenvalue weighted by Crippen LogP contribution is 2.36. The van der Waals surface area contributed by atoms with Crippen molar-refractivity contribution >= 4 is 5.97 Å². The molecular weight excluding hydrogens is 247 g/mol. The Morgan fingerprint density at radius 2 is 2.37 bits per heavy atom. The number of carboxylic acid groups (broad SMARTS) is 1. The van der Waals surface area contributed by atoms with Gasteiger partial charge in [0.05, 0.1) is 11.6 Å². The number of pyridine rings is 1. The molecule has 0 radical (unpaired) electrons. The van der Waals surface area contributed by atoms with E-state index in [2.05, 4.69) is 9.88 Å².